The maximum absolute atomic E-state index is 12.7. The minimum atomic E-state index is -4.47. The Balaban J connectivity index is 1.85. The number of anilines is 2. The van der Waals surface area contributed by atoms with Gasteiger partial charge >= 0.3 is 6.18 Å². The Morgan fingerprint density at radius 3 is 2.42 bits per heavy atom. The van der Waals surface area contributed by atoms with Crippen LogP contribution in [0.15, 0.2) is 53.3 Å². The highest BCUT2D eigenvalue weighted by atomic mass is 35.5. The first-order valence-electron chi connectivity index (χ1n) is 10.1. The molecular weight excluding hydrogens is 461 g/mol. The van der Waals surface area contributed by atoms with E-state index < -0.39 is 17.8 Å². The molecule has 1 aromatic heterocycles. The zero-order valence-corrected chi connectivity index (χ0v) is 18.4. The molecule has 0 saturated heterocycles. The van der Waals surface area contributed by atoms with E-state index >= 15 is 0 Å². The van der Waals surface area contributed by atoms with Gasteiger partial charge in [-0.2, -0.15) is 23.3 Å². The monoisotopic (exact) mass is 482 g/mol. The van der Waals surface area contributed by atoms with Crippen molar-refractivity contribution in [2.45, 2.75) is 38.6 Å². The molecule has 0 aliphatic heterocycles. The van der Waals surface area contributed by atoms with Crippen molar-refractivity contribution in [1.29, 1.82) is 0 Å². The second kappa shape index (κ2) is 10.7. The molecule has 0 saturated carbocycles. The number of alkyl halides is 3. The van der Waals surface area contributed by atoms with Crippen molar-refractivity contribution in [3.8, 4) is 5.75 Å². The number of aryl methyl sites for hydroxylation is 1. The van der Waals surface area contributed by atoms with Gasteiger partial charge in [0.1, 0.15) is 11.4 Å². The molecule has 0 unspecified atom stereocenters. The van der Waals surface area contributed by atoms with Crippen molar-refractivity contribution >= 4 is 23.2 Å². The molecule has 0 amide bonds. The Morgan fingerprint density at radius 1 is 1.15 bits per heavy atom. The molecule has 0 aliphatic carbocycles. The van der Waals surface area contributed by atoms with Crippen molar-refractivity contribution in [3.05, 3.63) is 75.2 Å². The average Bonchev–Trinajstić information content (AvgIpc) is 2.76. The van der Waals surface area contributed by atoms with Crippen molar-refractivity contribution < 1.29 is 23.0 Å². The van der Waals surface area contributed by atoms with Gasteiger partial charge in [-0.05, 0) is 61.7 Å². The van der Waals surface area contributed by atoms with Crippen LogP contribution in [0.1, 0.15) is 24.6 Å². The van der Waals surface area contributed by atoms with Gasteiger partial charge < -0.3 is 15.2 Å². The summed E-state index contributed by atoms with van der Waals surface area (Å²) in [4.78, 5) is 16.5. The first-order valence-corrected chi connectivity index (χ1v) is 10.5. The number of nitrogens with one attached hydrogen (secondary N) is 1. The Kier molecular flexibility index (Phi) is 7.93. The summed E-state index contributed by atoms with van der Waals surface area (Å²) >= 11 is 5.94. The van der Waals surface area contributed by atoms with Crippen LogP contribution in [0.4, 0.5) is 24.8 Å². The smallest absolute Gasteiger partial charge is 0.425 e. The lowest BCUT2D eigenvalue weighted by Crippen LogP contribution is -2.31. The quantitative estimate of drug-likeness (QED) is 0.471. The van der Waals surface area contributed by atoms with Crippen LogP contribution in [-0.4, -0.2) is 38.8 Å². The Morgan fingerprint density at radius 2 is 1.82 bits per heavy atom. The van der Waals surface area contributed by atoms with Crippen molar-refractivity contribution in [2.75, 3.05) is 11.9 Å². The molecule has 7 nitrogen and oxygen atoms in total. The number of ether oxygens (including phenoxy) is 1. The van der Waals surface area contributed by atoms with Crippen LogP contribution in [0.25, 0.3) is 0 Å². The van der Waals surface area contributed by atoms with Crippen LogP contribution in [0.5, 0.6) is 5.75 Å². The number of rotatable bonds is 9. The van der Waals surface area contributed by atoms with Gasteiger partial charge in [-0.25, -0.2) is 4.68 Å². The lowest BCUT2D eigenvalue weighted by atomic mass is 10.2. The predicted molar refractivity (Wildman–Crippen MR) is 118 cm³/mol. The number of hydrogen-bond acceptors (Lipinski definition) is 6. The molecule has 11 heteroatoms. The largest absolute Gasteiger partial charge is 0.481 e. The van der Waals surface area contributed by atoms with Crippen LogP contribution in [0.2, 0.25) is 5.02 Å². The molecule has 0 radical (unpaired) electrons. The number of hydrogen-bond donors (Lipinski definition) is 2. The molecule has 1 atom stereocenters. The summed E-state index contributed by atoms with van der Waals surface area (Å²) in [6.07, 6.45) is -5.78. The Labute approximate surface area is 192 Å². The number of aliphatic hydroxyl groups is 1. The molecule has 33 heavy (non-hydrogen) atoms. The third-order valence-electron chi connectivity index (χ3n) is 4.64. The van der Waals surface area contributed by atoms with Crippen molar-refractivity contribution in [2.24, 2.45) is 0 Å². The molecule has 0 aliphatic rings. The minimum absolute atomic E-state index is 0.0503. The van der Waals surface area contributed by atoms with E-state index in [1.165, 1.54) is 28.9 Å². The fourth-order valence-electron chi connectivity index (χ4n) is 2.84. The van der Waals surface area contributed by atoms with E-state index in [2.05, 4.69) is 15.4 Å². The summed E-state index contributed by atoms with van der Waals surface area (Å²) < 4.78 is 44.5. The molecule has 176 valence electrons. The lowest BCUT2D eigenvalue weighted by molar-refractivity contribution is -0.189. The van der Waals surface area contributed by atoms with Gasteiger partial charge in [0.25, 0.3) is 5.56 Å². The van der Waals surface area contributed by atoms with E-state index in [1.807, 2.05) is 12.1 Å². The van der Waals surface area contributed by atoms with Gasteiger partial charge in [-0.15, -0.1) is 0 Å². The minimum Gasteiger partial charge on any atom is -0.481 e. The topological polar surface area (TPSA) is 89.3 Å². The number of benzene rings is 2. The third kappa shape index (κ3) is 6.93. The first-order chi connectivity index (χ1) is 15.7. The molecule has 0 bridgehead atoms. The van der Waals surface area contributed by atoms with Crippen molar-refractivity contribution in [1.82, 2.24) is 14.8 Å². The summed E-state index contributed by atoms with van der Waals surface area (Å²) in [6, 6.07) is 12.9. The van der Waals surface area contributed by atoms with E-state index in [0.717, 1.165) is 12.5 Å². The summed E-state index contributed by atoms with van der Waals surface area (Å²) in [5.41, 5.74) is 1.02. The molecule has 2 aromatic carbocycles. The fourth-order valence-corrected chi connectivity index (χ4v) is 2.97. The van der Waals surface area contributed by atoms with Crippen molar-refractivity contribution in [3.63, 3.8) is 0 Å². The highest BCUT2D eigenvalue weighted by Gasteiger charge is 2.38. The van der Waals surface area contributed by atoms with Crippen LogP contribution < -0.4 is 15.6 Å². The van der Waals surface area contributed by atoms with Gasteiger partial charge in [0.2, 0.25) is 5.95 Å². The van der Waals surface area contributed by atoms with Gasteiger partial charge in [-0.1, -0.05) is 23.7 Å². The maximum Gasteiger partial charge on any atom is 0.425 e. The Hall–Kier alpha value is -3.11. The fraction of sp³-hybridized carbons (Fsp3) is 0.318. The first kappa shape index (κ1) is 24.5. The number of aromatic nitrogens is 3. The van der Waals surface area contributed by atoms with E-state index in [1.54, 1.807) is 12.1 Å². The zero-order chi connectivity index (χ0) is 24.0. The highest BCUT2D eigenvalue weighted by Crippen LogP contribution is 2.26. The second-order valence-electron chi connectivity index (χ2n) is 7.25. The van der Waals surface area contributed by atoms with Crippen LogP contribution in [0.3, 0.4) is 0 Å². The molecule has 0 spiro atoms. The molecule has 0 fully saturated rings. The van der Waals surface area contributed by atoms with E-state index in [0.29, 0.717) is 17.1 Å². The van der Waals surface area contributed by atoms with Crippen LogP contribution >= 0.6 is 11.6 Å². The molecule has 3 rings (SSSR count). The molecule has 2 N–H and O–H groups in total. The molecule has 1 heterocycles. The number of halogens is 4. The molecular formula is C22H22ClF3N4O3. The lowest BCUT2D eigenvalue weighted by Gasteiger charge is -2.18. The summed E-state index contributed by atoms with van der Waals surface area (Å²) in [5.74, 6) is 0.203. The van der Waals surface area contributed by atoms with E-state index in [4.69, 9.17) is 21.4 Å². The predicted octanol–water partition coefficient (Wildman–Crippen LogP) is 4.34. The number of nitrogens with zero attached hydrogens (tertiary/aromatic N) is 3. The van der Waals surface area contributed by atoms with E-state index in [9.17, 15) is 18.0 Å². The summed E-state index contributed by atoms with van der Waals surface area (Å²) in [5, 5.41) is 17.0. The highest BCUT2D eigenvalue weighted by molar-refractivity contribution is 6.30. The van der Waals surface area contributed by atoms with Crippen LogP contribution in [0, 0.1) is 0 Å². The second-order valence-corrected chi connectivity index (χ2v) is 7.69. The Bertz CT molecular complexity index is 1120. The van der Waals surface area contributed by atoms with Gasteiger partial charge in [0.05, 0.1) is 6.54 Å². The van der Waals surface area contributed by atoms with Gasteiger partial charge in [-0.3, -0.25) is 4.79 Å². The van der Waals surface area contributed by atoms with Gasteiger partial charge in [0.15, 0.2) is 6.10 Å². The zero-order valence-electron chi connectivity index (χ0n) is 17.6. The van der Waals surface area contributed by atoms with Crippen LogP contribution in [-0.2, 0) is 13.0 Å². The maximum atomic E-state index is 12.7. The molecule has 3 aromatic rings. The van der Waals surface area contributed by atoms with E-state index in [-0.39, 0.29) is 37.0 Å². The average molecular weight is 483 g/mol. The van der Waals surface area contributed by atoms with Gasteiger partial charge in [0, 0.05) is 17.3 Å². The third-order valence-corrected chi connectivity index (χ3v) is 4.89. The standard InChI is InChI=1S/C22H22ClF3N4O3/c1-14(22(24,25)26)33-18-10-8-17(9-11-18)27-21-28-20(32)19(3-2-12-31)29-30(21)13-15-4-6-16(23)7-5-15/h4-11,14,31H,2-3,12-13H2,1H3,(H,27,28,32)/t14-/m1/s1. The SMILES string of the molecule is C[C@@H](Oc1ccc(Nc2nc(=O)c(CCCO)nn2Cc2ccc(Cl)cc2)cc1)C(F)(F)F. The number of aliphatic hydroxyl groups excluding tert-OH is 1. The summed E-state index contributed by atoms with van der Waals surface area (Å²) in [7, 11) is 0. The normalized spacial score (nSPS) is 12.4. The summed E-state index contributed by atoms with van der Waals surface area (Å²) in [6.45, 7) is 1.12.